The van der Waals surface area contributed by atoms with Crippen molar-refractivity contribution in [2.24, 2.45) is 13.0 Å². The maximum atomic E-state index is 12.9. The Morgan fingerprint density at radius 1 is 1.05 bits per heavy atom. The van der Waals surface area contributed by atoms with Crippen LogP contribution in [0.3, 0.4) is 0 Å². The third-order valence-corrected chi connectivity index (χ3v) is 7.27. The monoisotopic (exact) mass is 517 g/mol. The molecule has 0 bridgehead atoms. The van der Waals surface area contributed by atoms with Crippen LogP contribution < -0.4 is 16.1 Å². The van der Waals surface area contributed by atoms with Gasteiger partial charge in [-0.1, -0.05) is 67.2 Å². The van der Waals surface area contributed by atoms with E-state index in [1.165, 1.54) is 4.57 Å². The third-order valence-electron chi connectivity index (χ3n) is 6.02. The molecule has 0 saturated carbocycles. The highest BCUT2D eigenvalue weighted by Crippen LogP contribution is 2.25. The third kappa shape index (κ3) is 5.05. The summed E-state index contributed by atoms with van der Waals surface area (Å²) in [6.07, 6.45) is 0. The molecular formula is C25H27N9O2S. The zero-order valence-electron chi connectivity index (χ0n) is 20.8. The largest absolute Gasteiger partial charge is 0.341 e. The Bertz CT molecular complexity index is 1620. The van der Waals surface area contributed by atoms with E-state index in [-0.39, 0.29) is 5.92 Å². The SMILES string of the molecule is C[C@@H](CSc1nnnn1-c1ccccc1)Cn1c(N(C)Cc2ccccc2)nc2c1c(=O)[nH]c(=O)n2C. The molecule has 0 spiro atoms. The Kier molecular flexibility index (Phi) is 6.91. The Labute approximate surface area is 216 Å². The highest BCUT2D eigenvalue weighted by molar-refractivity contribution is 7.99. The van der Waals surface area contributed by atoms with Crippen molar-refractivity contribution in [1.29, 1.82) is 0 Å². The average molecular weight is 518 g/mol. The summed E-state index contributed by atoms with van der Waals surface area (Å²) in [7, 11) is 3.55. The van der Waals surface area contributed by atoms with Gasteiger partial charge < -0.3 is 9.47 Å². The molecule has 3 aromatic heterocycles. The molecule has 190 valence electrons. The molecule has 5 rings (SSSR count). The molecule has 1 atom stereocenters. The standard InChI is InChI=1S/C25H27N9O2S/c1-17(16-37-25-28-29-30-34(25)19-12-8-5-9-13-19)14-33-20-21(32(3)24(36)27-22(20)35)26-23(33)31(2)15-18-10-6-4-7-11-18/h4-13,17H,14-16H2,1-3H3,(H,27,35,36)/t17-/m1/s1. The number of thioether (sulfide) groups is 1. The van der Waals surface area contributed by atoms with Gasteiger partial charge in [-0.3, -0.25) is 14.3 Å². The van der Waals surface area contributed by atoms with E-state index < -0.39 is 11.2 Å². The first kappa shape index (κ1) is 24.5. The van der Waals surface area contributed by atoms with Gasteiger partial charge in [-0.2, -0.15) is 9.67 Å². The summed E-state index contributed by atoms with van der Waals surface area (Å²) in [4.78, 5) is 34.3. The highest BCUT2D eigenvalue weighted by Gasteiger charge is 2.22. The summed E-state index contributed by atoms with van der Waals surface area (Å²) in [5.74, 6) is 1.46. The number of aromatic amines is 1. The van der Waals surface area contributed by atoms with Crippen molar-refractivity contribution in [3.8, 4) is 5.69 Å². The first-order valence-electron chi connectivity index (χ1n) is 11.8. The number of anilines is 1. The van der Waals surface area contributed by atoms with Crippen LogP contribution in [-0.2, 0) is 20.1 Å². The van der Waals surface area contributed by atoms with Crippen LogP contribution in [0.25, 0.3) is 16.9 Å². The lowest BCUT2D eigenvalue weighted by molar-refractivity contribution is 0.536. The molecule has 0 radical (unpaired) electrons. The highest BCUT2D eigenvalue weighted by atomic mass is 32.2. The second-order valence-corrected chi connectivity index (χ2v) is 9.97. The maximum Gasteiger partial charge on any atom is 0.329 e. The number of hydrogen-bond acceptors (Lipinski definition) is 8. The molecule has 0 saturated heterocycles. The van der Waals surface area contributed by atoms with Crippen molar-refractivity contribution >= 4 is 28.9 Å². The number of hydrogen-bond donors (Lipinski definition) is 1. The number of tetrazole rings is 1. The number of fused-ring (bicyclic) bond motifs is 1. The first-order chi connectivity index (χ1) is 17.9. The molecular weight excluding hydrogens is 490 g/mol. The minimum absolute atomic E-state index is 0.129. The molecule has 0 unspecified atom stereocenters. The lowest BCUT2D eigenvalue weighted by atomic mass is 10.2. The van der Waals surface area contributed by atoms with E-state index in [2.05, 4.69) is 27.4 Å². The average Bonchev–Trinajstić information content (AvgIpc) is 3.53. The van der Waals surface area contributed by atoms with E-state index in [1.807, 2.05) is 77.2 Å². The molecule has 0 amide bonds. The van der Waals surface area contributed by atoms with Gasteiger partial charge in [-0.05, 0) is 34.0 Å². The van der Waals surface area contributed by atoms with Crippen molar-refractivity contribution < 1.29 is 0 Å². The van der Waals surface area contributed by atoms with Gasteiger partial charge in [0.2, 0.25) is 11.1 Å². The number of imidazole rings is 1. The van der Waals surface area contributed by atoms with Crippen LogP contribution in [0.4, 0.5) is 5.95 Å². The molecule has 5 aromatic rings. The first-order valence-corrected chi connectivity index (χ1v) is 12.8. The zero-order chi connectivity index (χ0) is 25.9. The van der Waals surface area contributed by atoms with Gasteiger partial charge in [0.25, 0.3) is 5.56 Å². The van der Waals surface area contributed by atoms with Crippen LogP contribution in [-0.4, -0.2) is 52.1 Å². The van der Waals surface area contributed by atoms with E-state index in [0.29, 0.717) is 41.1 Å². The molecule has 12 heteroatoms. The fraction of sp³-hybridized carbons (Fsp3) is 0.280. The van der Waals surface area contributed by atoms with Crippen LogP contribution in [0, 0.1) is 5.92 Å². The number of benzene rings is 2. The number of nitrogens with one attached hydrogen (secondary N) is 1. The minimum atomic E-state index is -0.490. The van der Waals surface area contributed by atoms with Crippen molar-refractivity contribution in [2.45, 2.75) is 25.2 Å². The minimum Gasteiger partial charge on any atom is -0.341 e. The molecule has 0 aliphatic rings. The number of para-hydroxylation sites is 1. The molecule has 1 N–H and O–H groups in total. The van der Waals surface area contributed by atoms with E-state index in [4.69, 9.17) is 4.98 Å². The molecule has 11 nitrogen and oxygen atoms in total. The van der Waals surface area contributed by atoms with Crippen LogP contribution >= 0.6 is 11.8 Å². The molecule has 37 heavy (non-hydrogen) atoms. The number of aryl methyl sites for hydroxylation is 1. The van der Waals surface area contributed by atoms with Crippen LogP contribution in [0.15, 0.2) is 75.4 Å². The fourth-order valence-corrected chi connectivity index (χ4v) is 5.09. The Morgan fingerprint density at radius 3 is 2.49 bits per heavy atom. The summed E-state index contributed by atoms with van der Waals surface area (Å²) in [5.41, 5.74) is 1.80. The van der Waals surface area contributed by atoms with E-state index >= 15 is 0 Å². The quantitative estimate of drug-likeness (QED) is 0.296. The number of H-pyrrole nitrogens is 1. The molecule has 2 aromatic carbocycles. The Balaban J connectivity index is 1.43. The lowest BCUT2D eigenvalue weighted by Crippen LogP contribution is -2.30. The number of nitrogens with zero attached hydrogens (tertiary/aromatic N) is 8. The van der Waals surface area contributed by atoms with Gasteiger partial charge in [0.1, 0.15) is 0 Å². The number of rotatable bonds is 9. The molecule has 3 heterocycles. The van der Waals surface area contributed by atoms with Gasteiger partial charge in [0, 0.05) is 32.9 Å². The van der Waals surface area contributed by atoms with E-state index in [0.717, 1.165) is 11.3 Å². The van der Waals surface area contributed by atoms with Crippen LogP contribution in [0.5, 0.6) is 0 Å². The predicted octanol–water partition coefficient (Wildman–Crippen LogP) is 2.46. The molecule has 0 fully saturated rings. The van der Waals surface area contributed by atoms with Gasteiger partial charge >= 0.3 is 5.69 Å². The van der Waals surface area contributed by atoms with E-state index in [9.17, 15) is 9.59 Å². The van der Waals surface area contributed by atoms with Crippen LogP contribution in [0.2, 0.25) is 0 Å². The fourth-order valence-electron chi connectivity index (χ4n) is 4.20. The van der Waals surface area contributed by atoms with Crippen LogP contribution in [0.1, 0.15) is 12.5 Å². The Morgan fingerprint density at radius 2 is 1.76 bits per heavy atom. The summed E-state index contributed by atoms with van der Waals surface area (Å²) in [6.45, 7) is 3.23. The topological polar surface area (TPSA) is 120 Å². The van der Waals surface area contributed by atoms with Crippen molar-refractivity contribution in [3.05, 3.63) is 87.1 Å². The van der Waals surface area contributed by atoms with Crippen molar-refractivity contribution in [3.63, 3.8) is 0 Å². The van der Waals surface area contributed by atoms with E-state index in [1.54, 1.807) is 23.5 Å². The smallest absolute Gasteiger partial charge is 0.329 e. The molecule has 0 aliphatic heterocycles. The summed E-state index contributed by atoms with van der Waals surface area (Å²) >= 11 is 1.55. The Hall–Kier alpha value is -4.19. The zero-order valence-corrected chi connectivity index (χ0v) is 21.6. The van der Waals surface area contributed by atoms with Crippen molar-refractivity contribution in [2.75, 3.05) is 17.7 Å². The second-order valence-electron chi connectivity index (χ2n) is 8.98. The van der Waals surface area contributed by atoms with Gasteiger partial charge in [0.05, 0.1) is 5.69 Å². The normalized spacial score (nSPS) is 12.2. The maximum absolute atomic E-state index is 12.9. The van der Waals surface area contributed by atoms with Gasteiger partial charge in [-0.25, -0.2) is 4.79 Å². The van der Waals surface area contributed by atoms with Gasteiger partial charge in [-0.15, -0.1) is 5.10 Å². The van der Waals surface area contributed by atoms with Gasteiger partial charge in [0.15, 0.2) is 11.2 Å². The lowest BCUT2D eigenvalue weighted by Gasteiger charge is -2.21. The summed E-state index contributed by atoms with van der Waals surface area (Å²) < 4.78 is 4.99. The number of aromatic nitrogens is 8. The molecule has 0 aliphatic carbocycles. The summed E-state index contributed by atoms with van der Waals surface area (Å²) in [5, 5.41) is 12.8. The summed E-state index contributed by atoms with van der Waals surface area (Å²) in [6, 6.07) is 19.8. The predicted molar refractivity (Wildman–Crippen MR) is 143 cm³/mol. The van der Waals surface area contributed by atoms with Crippen molar-refractivity contribution in [1.82, 2.24) is 39.3 Å². The second kappa shape index (κ2) is 10.4.